The van der Waals surface area contributed by atoms with Gasteiger partial charge in [0.15, 0.2) is 9.84 Å². The van der Waals surface area contributed by atoms with Gasteiger partial charge in [0.1, 0.15) is 11.1 Å². The Balaban J connectivity index is 1.94. The molecule has 1 unspecified atom stereocenters. The van der Waals surface area contributed by atoms with Crippen molar-refractivity contribution in [2.24, 2.45) is 0 Å². The second-order valence-electron chi connectivity index (χ2n) is 6.34. The smallest absolute Gasteiger partial charge is 0.178 e. The number of sulfone groups is 1. The van der Waals surface area contributed by atoms with Crippen LogP contribution in [0.2, 0.25) is 0 Å². The summed E-state index contributed by atoms with van der Waals surface area (Å²) >= 11 is 6.43. The van der Waals surface area contributed by atoms with Crippen LogP contribution in [-0.4, -0.2) is 24.1 Å². The molecule has 26 heavy (non-hydrogen) atoms. The molecule has 2 N–H and O–H groups in total. The predicted octanol–water partition coefficient (Wildman–Crippen LogP) is 3.89. The minimum absolute atomic E-state index is 0.0684. The third kappa shape index (κ3) is 2.70. The van der Waals surface area contributed by atoms with Gasteiger partial charge in [-0.1, -0.05) is 30.7 Å². The number of pyridine rings is 1. The summed E-state index contributed by atoms with van der Waals surface area (Å²) < 4.78 is 24.5. The van der Waals surface area contributed by atoms with E-state index in [9.17, 15) is 8.42 Å². The predicted molar refractivity (Wildman–Crippen MR) is 104 cm³/mol. The summed E-state index contributed by atoms with van der Waals surface area (Å²) in [6.45, 7) is 3.64. The minimum Gasteiger partial charge on any atom is -0.370 e. The van der Waals surface area contributed by atoms with E-state index in [1.807, 2.05) is 19.2 Å². The third-order valence-electron chi connectivity index (χ3n) is 4.60. The minimum atomic E-state index is -3.28. The van der Waals surface area contributed by atoms with Gasteiger partial charge in [-0.2, -0.15) is 0 Å². The standard InChI is InChI=1S/C19H18ClN3O2S/c1-3-26(24,25)13-6-4-5-12(8-13)15-10-21-18(20)17-16(15)14-7-11(2)9-22-19(14)23-17/h4-10,18,21H,3H2,1-2H3,(H,22,23). The number of fused-ring (bicyclic) bond motifs is 3. The maximum absolute atomic E-state index is 12.3. The first-order valence-electron chi connectivity index (χ1n) is 8.33. The average molecular weight is 388 g/mol. The summed E-state index contributed by atoms with van der Waals surface area (Å²) in [5.74, 6) is 0.0684. The molecule has 3 aromatic rings. The van der Waals surface area contributed by atoms with E-state index in [-0.39, 0.29) is 5.75 Å². The number of nitrogens with one attached hydrogen (secondary N) is 2. The van der Waals surface area contributed by atoms with E-state index in [0.717, 1.165) is 39.0 Å². The fourth-order valence-electron chi connectivity index (χ4n) is 3.24. The van der Waals surface area contributed by atoms with Gasteiger partial charge in [0, 0.05) is 28.9 Å². The Morgan fingerprint density at radius 1 is 1.27 bits per heavy atom. The van der Waals surface area contributed by atoms with Gasteiger partial charge in [0.25, 0.3) is 0 Å². The summed E-state index contributed by atoms with van der Waals surface area (Å²) in [5.41, 5.74) is 4.92. The highest BCUT2D eigenvalue weighted by molar-refractivity contribution is 7.91. The van der Waals surface area contributed by atoms with Gasteiger partial charge < -0.3 is 10.3 Å². The molecule has 7 heteroatoms. The lowest BCUT2D eigenvalue weighted by Gasteiger charge is -2.21. The molecular weight excluding hydrogens is 370 g/mol. The average Bonchev–Trinajstić information content (AvgIpc) is 3.02. The quantitative estimate of drug-likeness (QED) is 0.528. The van der Waals surface area contributed by atoms with E-state index in [0.29, 0.717) is 4.90 Å². The molecule has 0 spiro atoms. The van der Waals surface area contributed by atoms with Crippen molar-refractivity contribution < 1.29 is 8.42 Å². The molecule has 1 aliphatic rings. The Morgan fingerprint density at radius 3 is 2.85 bits per heavy atom. The Morgan fingerprint density at radius 2 is 2.08 bits per heavy atom. The molecule has 0 saturated heterocycles. The first kappa shape index (κ1) is 17.1. The fourth-order valence-corrected chi connectivity index (χ4v) is 4.39. The Labute approximate surface area is 157 Å². The lowest BCUT2D eigenvalue weighted by Crippen LogP contribution is -2.17. The highest BCUT2D eigenvalue weighted by atomic mass is 35.5. The number of benzene rings is 1. The zero-order valence-corrected chi connectivity index (χ0v) is 15.9. The van der Waals surface area contributed by atoms with Crippen LogP contribution in [0.25, 0.3) is 16.6 Å². The molecule has 0 aliphatic carbocycles. The summed E-state index contributed by atoms with van der Waals surface area (Å²) in [6.07, 6.45) is 3.64. The number of alkyl halides is 1. The van der Waals surface area contributed by atoms with Crippen LogP contribution in [0.5, 0.6) is 0 Å². The maximum atomic E-state index is 12.3. The molecule has 1 aromatic carbocycles. The van der Waals surface area contributed by atoms with Gasteiger partial charge in [-0.05, 0) is 36.2 Å². The fraction of sp³-hybridized carbons (Fsp3) is 0.211. The normalized spacial score (nSPS) is 16.9. The molecule has 4 rings (SSSR count). The summed E-state index contributed by atoms with van der Waals surface area (Å²) in [6, 6.07) is 9.08. The molecule has 5 nitrogen and oxygen atoms in total. The Hall–Kier alpha value is -2.31. The van der Waals surface area contributed by atoms with Crippen molar-refractivity contribution in [3.8, 4) is 0 Å². The molecule has 2 aromatic heterocycles. The molecule has 3 heterocycles. The largest absolute Gasteiger partial charge is 0.370 e. The first-order valence-corrected chi connectivity index (χ1v) is 10.4. The number of H-pyrrole nitrogens is 1. The second kappa shape index (κ2) is 6.14. The molecule has 0 saturated carbocycles. The van der Waals surface area contributed by atoms with Crippen LogP contribution in [0, 0.1) is 6.92 Å². The van der Waals surface area contributed by atoms with Crippen LogP contribution in [0.1, 0.15) is 34.8 Å². The van der Waals surface area contributed by atoms with Crippen LogP contribution >= 0.6 is 11.6 Å². The number of hydrogen-bond acceptors (Lipinski definition) is 4. The van der Waals surface area contributed by atoms with Gasteiger partial charge >= 0.3 is 0 Å². The molecular formula is C19H18ClN3O2S. The summed E-state index contributed by atoms with van der Waals surface area (Å²) in [5, 5.41) is 4.10. The summed E-state index contributed by atoms with van der Waals surface area (Å²) in [4.78, 5) is 8.06. The van der Waals surface area contributed by atoms with E-state index in [1.165, 1.54) is 0 Å². The van der Waals surface area contributed by atoms with Crippen molar-refractivity contribution in [1.82, 2.24) is 15.3 Å². The van der Waals surface area contributed by atoms with E-state index < -0.39 is 15.3 Å². The van der Waals surface area contributed by atoms with Crippen LogP contribution in [0.15, 0.2) is 47.6 Å². The highest BCUT2D eigenvalue weighted by Crippen LogP contribution is 2.39. The van der Waals surface area contributed by atoms with E-state index in [4.69, 9.17) is 11.6 Å². The zero-order valence-electron chi connectivity index (χ0n) is 14.4. The van der Waals surface area contributed by atoms with E-state index >= 15 is 0 Å². The van der Waals surface area contributed by atoms with Gasteiger partial charge in [-0.3, -0.25) is 0 Å². The van der Waals surface area contributed by atoms with Crippen LogP contribution in [0.3, 0.4) is 0 Å². The third-order valence-corrected chi connectivity index (χ3v) is 6.67. The molecule has 0 amide bonds. The highest BCUT2D eigenvalue weighted by Gasteiger charge is 2.26. The van der Waals surface area contributed by atoms with Crippen molar-refractivity contribution in [3.63, 3.8) is 0 Å². The van der Waals surface area contributed by atoms with Crippen molar-refractivity contribution in [2.45, 2.75) is 24.2 Å². The SMILES string of the molecule is CCS(=O)(=O)c1cccc(C2=CNC(Cl)c3[nH]c4ncc(C)cc4c32)c1. The van der Waals surface area contributed by atoms with E-state index in [1.54, 1.807) is 31.3 Å². The number of aromatic nitrogens is 2. The molecule has 0 bridgehead atoms. The van der Waals surface area contributed by atoms with Crippen molar-refractivity contribution in [2.75, 3.05) is 5.75 Å². The van der Waals surface area contributed by atoms with Crippen LogP contribution in [-0.2, 0) is 9.84 Å². The molecule has 1 atom stereocenters. The Kier molecular flexibility index (Phi) is 4.04. The number of rotatable bonds is 3. The number of aromatic amines is 1. The van der Waals surface area contributed by atoms with Crippen molar-refractivity contribution in [1.29, 1.82) is 0 Å². The summed E-state index contributed by atoms with van der Waals surface area (Å²) in [7, 11) is -3.28. The topological polar surface area (TPSA) is 74.8 Å². The van der Waals surface area contributed by atoms with Gasteiger partial charge in [0.05, 0.1) is 16.3 Å². The number of aryl methyl sites for hydroxylation is 1. The molecule has 0 radical (unpaired) electrons. The zero-order chi connectivity index (χ0) is 18.5. The molecule has 134 valence electrons. The number of halogens is 1. The first-order chi connectivity index (χ1) is 12.4. The van der Waals surface area contributed by atoms with Crippen LogP contribution in [0.4, 0.5) is 0 Å². The lowest BCUT2D eigenvalue weighted by atomic mass is 9.94. The molecule has 1 aliphatic heterocycles. The van der Waals surface area contributed by atoms with Crippen molar-refractivity contribution in [3.05, 3.63) is 65.1 Å². The number of hydrogen-bond donors (Lipinski definition) is 2. The molecule has 0 fully saturated rings. The van der Waals surface area contributed by atoms with Gasteiger partial charge in [0.2, 0.25) is 0 Å². The monoisotopic (exact) mass is 387 g/mol. The maximum Gasteiger partial charge on any atom is 0.178 e. The Bertz CT molecular complexity index is 1150. The van der Waals surface area contributed by atoms with Gasteiger partial charge in [-0.15, -0.1) is 0 Å². The van der Waals surface area contributed by atoms with Crippen molar-refractivity contribution >= 4 is 38.0 Å². The van der Waals surface area contributed by atoms with Crippen LogP contribution < -0.4 is 5.32 Å². The van der Waals surface area contributed by atoms with E-state index in [2.05, 4.69) is 21.4 Å². The lowest BCUT2D eigenvalue weighted by molar-refractivity contribution is 0.597. The number of nitrogens with zero attached hydrogens (tertiary/aromatic N) is 1. The van der Waals surface area contributed by atoms with Gasteiger partial charge in [-0.25, -0.2) is 13.4 Å². The second-order valence-corrected chi connectivity index (χ2v) is 9.06.